The predicted molar refractivity (Wildman–Crippen MR) is 69.3 cm³/mol. The second kappa shape index (κ2) is 4.55. The first-order valence-corrected chi connectivity index (χ1v) is 5.80. The normalized spacial score (nSPS) is 10.6. The molecule has 1 aromatic carbocycles. The Bertz CT molecular complexity index is 637. The van der Waals surface area contributed by atoms with E-state index in [0.717, 1.165) is 11.4 Å². The maximum atomic E-state index is 13.2. The molecule has 5 heteroatoms. The van der Waals surface area contributed by atoms with E-state index in [4.69, 9.17) is 23.8 Å². The predicted octanol–water partition coefficient (Wildman–Crippen LogP) is 4.22. The van der Waals surface area contributed by atoms with Gasteiger partial charge in [0.15, 0.2) is 0 Å². The van der Waals surface area contributed by atoms with Gasteiger partial charge in [-0.1, -0.05) is 23.8 Å². The highest BCUT2D eigenvalue weighted by atomic mass is 35.5. The molecule has 0 saturated carbocycles. The van der Waals surface area contributed by atoms with Crippen molar-refractivity contribution in [1.29, 1.82) is 0 Å². The molecule has 2 nitrogen and oxygen atoms in total. The number of aromatic amines is 1. The second-order valence-electron chi connectivity index (χ2n) is 3.75. The van der Waals surface area contributed by atoms with Gasteiger partial charge in [0.2, 0.25) is 0 Å². The Hall–Kier alpha value is -1.26. The van der Waals surface area contributed by atoms with Crippen molar-refractivity contribution in [2.24, 2.45) is 0 Å². The molecule has 88 valence electrons. The first kappa shape index (κ1) is 12.2. The number of halogens is 2. The number of nitrogens with zero attached hydrogens (tertiary/aromatic N) is 1. The van der Waals surface area contributed by atoms with Gasteiger partial charge in [-0.25, -0.2) is 9.37 Å². The van der Waals surface area contributed by atoms with E-state index < -0.39 is 0 Å². The highest BCUT2D eigenvalue weighted by molar-refractivity contribution is 7.71. The van der Waals surface area contributed by atoms with Crippen LogP contribution in [0.15, 0.2) is 18.2 Å². The largest absolute Gasteiger partial charge is 0.347 e. The minimum absolute atomic E-state index is 0.362. The average molecular weight is 269 g/mol. The van der Waals surface area contributed by atoms with Gasteiger partial charge in [0, 0.05) is 11.3 Å². The zero-order valence-electron chi connectivity index (χ0n) is 9.34. The molecule has 2 rings (SSSR count). The third-order valence-electron chi connectivity index (χ3n) is 2.52. The van der Waals surface area contributed by atoms with Gasteiger partial charge < -0.3 is 4.98 Å². The monoisotopic (exact) mass is 268 g/mol. The summed E-state index contributed by atoms with van der Waals surface area (Å²) in [6.07, 6.45) is 0. The van der Waals surface area contributed by atoms with Gasteiger partial charge in [-0.3, -0.25) is 0 Å². The summed E-state index contributed by atoms with van der Waals surface area (Å²) in [5.74, 6) is -0.362. The number of aromatic nitrogens is 2. The van der Waals surface area contributed by atoms with E-state index in [0.29, 0.717) is 20.9 Å². The van der Waals surface area contributed by atoms with Crippen LogP contribution in [0.2, 0.25) is 5.02 Å². The zero-order valence-corrected chi connectivity index (χ0v) is 10.9. The van der Waals surface area contributed by atoms with Crippen LogP contribution in [-0.4, -0.2) is 9.97 Å². The number of hydrogen-bond acceptors (Lipinski definition) is 2. The van der Waals surface area contributed by atoms with Crippen molar-refractivity contribution in [2.45, 2.75) is 13.8 Å². The van der Waals surface area contributed by atoms with E-state index in [9.17, 15) is 4.39 Å². The van der Waals surface area contributed by atoms with Crippen LogP contribution in [0, 0.1) is 24.3 Å². The number of nitrogens with one attached hydrogen (secondary N) is 1. The summed E-state index contributed by atoms with van der Waals surface area (Å²) >= 11 is 11.2. The molecule has 0 amide bonds. The van der Waals surface area contributed by atoms with Gasteiger partial charge in [0.05, 0.1) is 10.7 Å². The number of aryl methyl sites for hydroxylation is 2. The van der Waals surface area contributed by atoms with Gasteiger partial charge in [0.1, 0.15) is 16.2 Å². The van der Waals surface area contributed by atoms with E-state index in [2.05, 4.69) is 9.97 Å². The third kappa shape index (κ3) is 2.37. The average Bonchev–Trinajstić information content (AvgIpc) is 2.27. The fourth-order valence-electron chi connectivity index (χ4n) is 1.48. The maximum absolute atomic E-state index is 13.2. The lowest BCUT2D eigenvalue weighted by Crippen LogP contribution is -1.97. The van der Waals surface area contributed by atoms with Gasteiger partial charge in [-0.15, -0.1) is 0 Å². The number of rotatable bonds is 1. The molecular weight excluding hydrogens is 259 g/mol. The number of benzene rings is 1. The molecule has 0 aliphatic rings. The minimum atomic E-state index is -0.362. The van der Waals surface area contributed by atoms with E-state index in [-0.39, 0.29) is 5.82 Å². The van der Waals surface area contributed by atoms with Gasteiger partial charge in [0.25, 0.3) is 0 Å². The van der Waals surface area contributed by atoms with Crippen molar-refractivity contribution >= 4 is 23.8 Å². The fourth-order valence-corrected chi connectivity index (χ4v) is 2.00. The van der Waals surface area contributed by atoms with E-state index in [1.165, 1.54) is 18.2 Å². The Morgan fingerprint density at radius 1 is 1.35 bits per heavy atom. The van der Waals surface area contributed by atoms with Gasteiger partial charge in [-0.2, -0.15) is 0 Å². The SMILES string of the molecule is Cc1nc(-c2cc(F)ccc2Cl)c(=S)[nH]c1C. The molecule has 1 aromatic heterocycles. The summed E-state index contributed by atoms with van der Waals surface area (Å²) in [6, 6.07) is 4.14. The van der Waals surface area contributed by atoms with Crippen LogP contribution >= 0.6 is 23.8 Å². The van der Waals surface area contributed by atoms with Gasteiger partial charge in [-0.05, 0) is 32.0 Å². The Morgan fingerprint density at radius 2 is 2.06 bits per heavy atom. The van der Waals surface area contributed by atoms with Crippen LogP contribution in [-0.2, 0) is 0 Å². The van der Waals surface area contributed by atoms with E-state index in [1.54, 1.807) is 0 Å². The van der Waals surface area contributed by atoms with Crippen molar-refractivity contribution in [1.82, 2.24) is 9.97 Å². The van der Waals surface area contributed by atoms with E-state index in [1.807, 2.05) is 13.8 Å². The quantitative estimate of drug-likeness (QED) is 0.785. The lowest BCUT2D eigenvalue weighted by molar-refractivity contribution is 0.628. The third-order valence-corrected chi connectivity index (χ3v) is 3.15. The zero-order chi connectivity index (χ0) is 12.6. The van der Waals surface area contributed by atoms with Crippen molar-refractivity contribution in [3.63, 3.8) is 0 Å². The molecule has 0 atom stereocenters. The molecule has 0 aliphatic carbocycles. The minimum Gasteiger partial charge on any atom is -0.347 e. The highest BCUT2D eigenvalue weighted by Gasteiger charge is 2.10. The molecule has 2 aromatic rings. The summed E-state index contributed by atoms with van der Waals surface area (Å²) in [5, 5.41) is 0.432. The summed E-state index contributed by atoms with van der Waals surface area (Å²) < 4.78 is 13.7. The molecular formula is C12H10ClFN2S. The van der Waals surface area contributed by atoms with Crippen LogP contribution in [0.3, 0.4) is 0 Å². The van der Waals surface area contributed by atoms with Gasteiger partial charge >= 0.3 is 0 Å². The van der Waals surface area contributed by atoms with Crippen molar-refractivity contribution < 1.29 is 4.39 Å². The molecule has 1 heterocycles. The van der Waals surface area contributed by atoms with Crippen LogP contribution in [0.5, 0.6) is 0 Å². The standard InChI is InChI=1S/C12H10ClFN2S/c1-6-7(2)16-12(17)11(15-6)9-5-8(14)3-4-10(9)13/h3-5H,1-2H3,(H,16,17). The summed E-state index contributed by atoms with van der Waals surface area (Å²) in [5.41, 5.74) is 2.73. The van der Waals surface area contributed by atoms with Crippen LogP contribution < -0.4 is 0 Å². The smallest absolute Gasteiger partial charge is 0.130 e. The molecule has 0 spiro atoms. The summed E-state index contributed by atoms with van der Waals surface area (Å²) in [4.78, 5) is 7.38. The first-order valence-electron chi connectivity index (χ1n) is 5.02. The Balaban J connectivity index is 2.72. The molecule has 0 saturated heterocycles. The van der Waals surface area contributed by atoms with Crippen molar-refractivity contribution in [2.75, 3.05) is 0 Å². The van der Waals surface area contributed by atoms with Crippen molar-refractivity contribution in [3.8, 4) is 11.3 Å². The molecule has 17 heavy (non-hydrogen) atoms. The molecule has 0 unspecified atom stereocenters. The Labute approximate surface area is 108 Å². The molecule has 0 bridgehead atoms. The highest BCUT2D eigenvalue weighted by Crippen LogP contribution is 2.28. The van der Waals surface area contributed by atoms with Crippen LogP contribution in [0.4, 0.5) is 4.39 Å². The maximum Gasteiger partial charge on any atom is 0.130 e. The van der Waals surface area contributed by atoms with Crippen molar-refractivity contribution in [3.05, 3.63) is 45.1 Å². The lowest BCUT2D eigenvalue weighted by atomic mass is 10.1. The summed E-state index contributed by atoms with van der Waals surface area (Å²) in [7, 11) is 0. The Morgan fingerprint density at radius 3 is 2.76 bits per heavy atom. The Kier molecular flexibility index (Phi) is 3.26. The summed E-state index contributed by atoms with van der Waals surface area (Å²) in [6.45, 7) is 3.74. The first-order chi connectivity index (χ1) is 7.99. The molecule has 0 aliphatic heterocycles. The van der Waals surface area contributed by atoms with Crippen LogP contribution in [0.25, 0.3) is 11.3 Å². The topological polar surface area (TPSA) is 28.7 Å². The molecule has 1 N–H and O–H groups in total. The molecule has 0 radical (unpaired) electrons. The lowest BCUT2D eigenvalue weighted by Gasteiger charge is -2.07. The number of hydrogen-bond donors (Lipinski definition) is 1. The number of H-pyrrole nitrogens is 1. The van der Waals surface area contributed by atoms with Crippen LogP contribution in [0.1, 0.15) is 11.4 Å². The molecule has 0 fully saturated rings. The second-order valence-corrected chi connectivity index (χ2v) is 4.56. The van der Waals surface area contributed by atoms with E-state index >= 15 is 0 Å². The fraction of sp³-hybridized carbons (Fsp3) is 0.167.